The monoisotopic (exact) mass is 273 g/mol. The number of nitrogens with zero attached hydrogens (tertiary/aromatic N) is 2. The molecule has 0 unspecified atom stereocenters. The standard InChI is InChI=1S/C16H23N3O/c20-16(13-18-11-8-17-9-12-18)19-10-4-3-6-14-5-1-2-7-15(14)19/h1-2,5,7,17H,3-4,6,8-13H2. The molecule has 1 aromatic carbocycles. The highest BCUT2D eigenvalue weighted by molar-refractivity contribution is 5.95. The molecule has 0 radical (unpaired) electrons. The Kier molecular flexibility index (Phi) is 4.33. The van der Waals surface area contributed by atoms with Crippen LogP contribution in [0.15, 0.2) is 24.3 Å². The predicted molar refractivity (Wildman–Crippen MR) is 81.0 cm³/mol. The first-order chi connectivity index (χ1) is 9.84. The Bertz CT molecular complexity index is 469. The fourth-order valence-corrected chi connectivity index (χ4v) is 3.10. The number of benzene rings is 1. The van der Waals surface area contributed by atoms with E-state index in [4.69, 9.17) is 0 Å². The van der Waals surface area contributed by atoms with Gasteiger partial charge >= 0.3 is 0 Å². The van der Waals surface area contributed by atoms with Crippen LogP contribution in [-0.4, -0.2) is 50.1 Å². The number of rotatable bonds is 2. The van der Waals surface area contributed by atoms with Crippen molar-refractivity contribution in [2.75, 3.05) is 44.2 Å². The number of amides is 1. The van der Waals surface area contributed by atoms with Gasteiger partial charge in [0, 0.05) is 38.4 Å². The third-order valence-electron chi connectivity index (χ3n) is 4.23. The largest absolute Gasteiger partial charge is 0.314 e. The van der Waals surface area contributed by atoms with E-state index in [0.717, 1.165) is 51.3 Å². The van der Waals surface area contributed by atoms with Gasteiger partial charge in [-0.25, -0.2) is 0 Å². The number of piperazine rings is 1. The van der Waals surface area contributed by atoms with Crippen LogP contribution in [0.25, 0.3) is 0 Å². The molecule has 0 aliphatic carbocycles. The van der Waals surface area contributed by atoms with Crippen LogP contribution in [0.3, 0.4) is 0 Å². The lowest BCUT2D eigenvalue weighted by Crippen LogP contribution is -2.48. The molecule has 0 atom stereocenters. The van der Waals surface area contributed by atoms with E-state index in [9.17, 15) is 4.79 Å². The van der Waals surface area contributed by atoms with Gasteiger partial charge in [0.25, 0.3) is 0 Å². The predicted octanol–water partition coefficient (Wildman–Crippen LogP) is 1.26. The summed E-state index contributed by atoms with van der Waals surface area (Å²) in [6.45, 7) is 5.34. The second-order valence-electron chi connectivity index (χ2n) is 5.66. The van der Waals surface area contributed by atoms with Gasteiger partial charge in [0.05, 0.1) is 6.54 Å². The molecule has 2 aliphatic rings. The first kappa shape index (κ1) is 13.6. The maximum atomic E-state index is 12.6. The Morgan fingerprint density at radius 1 is 1.10 bits per heavy atom. The Labute approximate surface area is 120 Å². The van der Waals surface area contributed by atoms with Gasteiger partial charge in [-0.1, -0.05) is 18.2 Å². The topological polar surface area (TPSA) is 35.6 Å². The SMILES string of the molecule is O=C(CN1CCNCC1)N1CCCCc2ccccc21. The zero-order chi connectivity index (χ0) is 13.8. The Balaban J connectivity index is 1.73. The van der Waals surface area contributed by atoms with Crippen molar-refractivity contribution in [3.63, 3.8) is 0 Å². The van der Waals surface area contributed by atoms with Crippen molar-refractivity contribution in [3.8, 4) is 0 Å². The Morgan fingerprint density at radius 3 is 2.75 bits per heavy atom. The second-order valence-corrected chi connectivity index (χ2v) is 5.66. The maximum absolute atomic E-state index is 12.6. The number of nitrogens with one attached hydrogen (secondary N) is 1. The lowest BCUT2D eigenvalue weighted by Gasteiger charge is -2.30. The van der Waals surface area contributed by atoms with E-state index in [1.54, 1.807) is 0 Å². The van der Waals surface area contributed by atoms with E-state index < -0.39 is 0 Å². The molecule has 3 rings (SSSR count). The highest BCUT2D eigenvalue weighted by atomic mass is 16.2. The van der Waals surface area contributed by atoms with Crippen LogP contribution in [0, 0.1) is 0 Å². The molecule has 0 bridgehead atoms. The molecule has 4 heteroatoms. The quantitative estimate of drug-likeness (QED) is 0.881. The van der Waals surface area contributed by atoms with Crippen molar-refractivity contribution < 1.29 is 4.79 Å². The molecule has 0 aromatic heterocycles. The summed E-state index contributed by atoms with van der Waals surface area (Å²) in [7, 11) is 0. The van der Waals surface area contributed by atoms with Crippen molar-refractivity contribution in [2.24, 2.45) is 0 Å². The van der Waals surface area contributed by atoms with E-state index in [2.05, 4.69) is 28.4 Å². The van der Waals surface area contributed by atoms with Gasteiger partial charge in [-0.05, 0) is 30.9 Å². The summed E-state index contributed by atoms with van der Waals surface area (Å²) in [4.78, 5) is 16.9. The van der Waals surface area contributed by atoms with Gasteiger partial charge in [-0.2, -0.15) is 0 Å². The first-order valence-corrected chi connectivity index (χ1v) is 7.66. The van der Waals surface area contributed by atoms with Gasteiger partial charge in [0.2, 0.25) is 5.91 Å². The highest BCUT2D eigenvalue weighted by Gasteiger charge is 2.23. The first-order valence-electron chi connectivity index (χ1n) is 7.66. The number of hydrogen-bond acceptors (Lipinski definition) is 3. The fraction of sp³-hybridized carbons (Fsp3) is 0.562. The summed E-state index contributed by atoms with van der Waals surface area (Å²) in [6.07, 6.45) is 3.37. The third kappa shape index (κ3) is 3.02. The molecule has 2 aliphatic heterocycles. The van der Waals surface area contributed by atoms with Gasteiger partial charge in [0.1, 0.15) is 0 Å². The minimum Gasteiger partial charge on any atom is -0.314 e. The molecule has 2 heterocycles. The molecule has 1 fully saturated rings. The van der Waals surface area contributed by atoms with Crippen molar-refractivity contribution >= 4 is 11.6 Å². The van der Waals surface area contributed by atoms with Gasteiger partial charge < -0.3 is 10.2 Å². The van der Waals surface area contributed by atoms with Crippen LogP contribution in [-0.2, 0) is 11.2 Å². The molecule has 20 heavy (non-hydrogen) atoms. The Morgan fingerprint density at radius 2 is 1.90 bits per heavy atom. The lowest BCUT2D eigenvalue weighted by molar-refractivity contribution is -0.119. The summed E-state index contributed by atoms with van der Waals surface area (Å²) < 4.78 is 0. The number of anilines is 1. The Hall–Kier alpha value is -1.39. The minimum absolute atomic E-state index is 0.251. The molecule has 1 saturated heterocycles. The van der Waals surface area contributed by atoms with E-state index >= 15 is 0 Å². The number of para-hydroxylation sites is 1. The average Bonchev–Trinajstić information content (AvgIpc) is 2.70. The molecular formula is C16H23N3O. The zero-order valence-corrected chi connectivity index (χ0v) is 12.0. The van der Waals surface area contributed by atoms with Gasteiger partial charge in [-0.3, -0.25) is 9.69 Å². The lowest BCUT2D eigenvalue weighted by atomic mass is 10.1. The fourth-order valence-electron chi connectivity index (χ4n) is 3.10. The van der Waals surface area contributed by atoms with Crippen LogP contribution in [0.1, 0.15) is 18.4 Å². The van der Waals surface area contributed by atoms with Crippen LogP contribution < -0.4 is 10.2 Å². The summed E-state index contributed by atoms with van der Waals surface area (Å²) in [6, 6.07) is 8.36. The van der Waals surface area contributed by atoms with Crippen LogP contribution >= 0.6 is 0 Å². The van der Waals surface area contributed by atoms with Crippen LogP contribution in [0.4, 0.5) is 5.69 Å². The molecule has 1 amide bonds. The summed E-state index contributed by atoms with van der Waals surface area (Å²) in [5, 5.41) is 3.33. The number of carbonyl (C=O) groups is 1. The number of aryl methyl sites for hydroxylation is 1. The molecule has 0 spiro atoms. The van der Waals surface area contributed by atoms with E-state index in [1.807, 2.05) is 11.0 Å². The molecule has 4 nitrogen and oxygen atoms in total. The minimum atomic E-state index is 0.251. The molecular weight excluding hydrogens is 250 g/mol. The van der Waals surface area contributed by atoms with Crippen LogP contribution in [0.5, 0.6) is 0 Å². The van der Waals surface area contributed by atoms with Crippen LogP contribution in [0.2, 0.25) is 0 Å². The molecule has 108 valence electrons. The van der Waals surface area contributed by atoms with E-state index in [-0.39, 0.29) is 5.91 Å². The normalized spacial score (nSPS) is 20.3. The van der Waals surface area contributed by atoms with E-state index in [0.29, 0.717) is 6.54 Å². The smallest absolute Gasteiger partial charge is 0.241 e. The molecule has 1 N–H and O–H groups in total. The van der Waals surface area contributed by atoms with Crippen molar-refractivity contribution in [1.82, 2.24) is 10.2 Å². The van der Waals surface area contributed by atoms with Crippen molar-refractivity contribution in [1.29, 1.82) is 0 Å². The van der Waals surface area contributed by atoms with Gasteiger partial charge in [-0.15, -0.1) is 0 Å². The van der Waals surface area contributed by atoms with Crippen molar-refractivity contribution in [3.05, 3.63) is 29.8 Å². The zero-order valence-electron chi connectivity index (χ0n) is 12.0. The summed E-state index contributed by atoms with van der Waals surface area (Å²) in [5.41, 5.74) is 2.45. The maximum Gasteiger partial charge on any atom is 0.241 e. The average molecular weight is 273 g/mol. The third-order valence-corrected chi connectivity index (χ3v) is 4.23. The highest BCUT2D eigenvalue weighted by Crippen LogP contribution is 2.26. The molecule has 1 aromatic rings. The van der Waals surface area contributed by atoms with E-state index in [1.165, 1.54) is 12.0 Å². The number of hydrogen-bond donors (Lipinski definition) is 1. The van der Waals surface area contributed by atoms with Crippen molar-refractivity contribution in [2.45, 2.75) is 19.3 Å². The molecule has 0 saturated carbocycles. The number of carbonyl (C=O) groups excluding carboxylic acids is 1. The number of fused-ring (bicyclic) bond motifs is 1. The van der Waals surface area contributed by atoms with Gasteiger partial charge in [0.15, 0.2) is 0 Å². The summed E-state index contributed by atoms with van der Waals surface area (Å²) in [5.74, 6) is 0.251. The summed E-state index contributed by atoms with van der Waals surface area (Å²) >= 11 is 0. The second kappa shape index (κ2) is 6.37.